The maximum Gasteiger partial charge on any atom is 0.279 e. The smallest absolute Gasteiger partial charge is 0.279 e. The van der Waals surface area contributed by atoms with E-state index in [0.717, 1.165) is 16.0 Å². The number of nitrogens with zero attached hydrogens (tertiary/aromatic N) is 2. The number of aromatic hydroxyl groups is 1. The fourth-order valence-electron chi connectivity index (χ4n) is 2.68. The molecule has 2 aromatic carbocycles. The Morgan fingerprint density at radius 2 is 1.82 bits per heavy atom. The zero-order valence-corrected chi connectivity index (χ0v) is 17.0. The molecule has 1 aliphatic rings. The van der Waals surface area contributed by atoms with Crippen LogP contribution in [-0.2, 0) is 14.8 Å². The highest BCUT2D eigenvalue weighted by atomic mass is 35.5. The fraction of sp³-hybridized carbons (Fsp3) is 0. The lowest BCUT2D eigenvalue weighted by Crippen LogP contribution is -2.23. The maximum atomic E-state index is 12.6. The van der Waals surface area contributed by atoms with Gasteiger partial charge in [-0.3, -0.25) is 4.79 Å². The quantitative estimate of drug-likeness (QED) is 0.590. The summed E-state index contributed by atoms with van der Waals surface area (Å²) in [4.78, 5) is 18.6. The Labute approximate surface area is 172 Å². The zero-order valence-electron chi connectivity index (χ0n) is 13.8. The largest absolute Gasteiger partial charge is 0.492 e. The van der Waals surface area contributed by atoms with Crippen molar-refractivity contribution in [1.29, 1.82) is 0 Å². The lowest BCUT2D eigenvalue weighted by atomic mass is 10.1. The molecule has 2 heterocycles. The Kier molecular flexibility index (Phi) is 4.58. The van der Waals surface area contributed by atoms with Crippen molar-refractivity contribution in [1.82, 2.24) is 4.68 Å². The number of halogens is 1. The van der Waals surface area contributed by atoms with Gasteiger partial charge in [-0.25, -0.2) is 9.82 Å². The van der Waals surface area contributed by atoms with Crippen LogP contribution in [0.2, 0.25) is 5.02 Å². The molecule has 142 valence electrons. The highest BCUT2D eigenvalue weighted by molar-refractivity contribution is 7.92. The second-order valence-corrected chi connectivity index (χ2v) is 9.46. The molecule has 0 radical (unpaired) electrons. The summed E-state index contributed by atoms with van der Waals surface area (Å²) in [6, 6.07) is 12.4. The van der Waals surface area contributed by atoms with Gasteiger partial charge in [0.1, 0.15) is 4.88 Å². The van der Waals surface area contributed by atoms with Crippen LogP contribution in [0.3, 0.4) is 0 Å². The van der Waals surface area contributed by atoms with Gasteiger partial charge in [0, 0.05) is 10.2 Å². The number of carbonyl (C=O) groups is 1. The van der Waals surface area contributed by atoms with Crippen LogP contribution in [0.4, 0.5) is 0 Å². The van der Waals surface area contributed by atoms with E-state index < -0.39 is 21.8 Å². The molecule has 11 heteroatoms. The van der Waals surface area contributed by atoms with E-state index in [9.17, 15) is 18.3 Å². The van der Waals surface area contributed by atoms with E-state index in [4.69, 9.17) is 23.8 Å². The van der Waals surface area contributed by atoms with Crippen molar-refractivity contribution in [3.8, 4) is 5.88 Å². The summed E-state index contributed by atoms with van der Waals surface area (Å²) in [7, 11) is -4.04. The monoisotopic (exact) mass is 451 g/mol. The van der Waals surface area contributed by atoms with Crippen LogP contribution in [-0.4, -0.2) is 24.1 Å². The van der Waals surface area contributed by atoms with Crippen molar-refractivity contribution in [3.05, 3.63) is 73.0 Å². The molecule has 3 aromatic rings. The summed E-state index contributed by atoms with van der Waals surface area (Å²) in [6.45, 7) is 0. The molecule has 0 unspecified atom stereocenters. The minimum absolute atomic E-state index is 0.0229. The van der Waals surface area contributed by atoms with Crippen molar-refractivity contribution in [3.63, 3.8) is 0 Å². The first kappa shape index (κ1) is 18.8. The zero-order chi connectivity index (χ0) is 20.1. The van der Waals surface area contributed by atoms with E-state index in [2.05, 4.69) is 9.82 Å². The summed E-state index contributed by atoms with van der Waals surface area (Å²) < 4.78 is 26.1. The number of hydrogen-bond donors (Lipinski definition) is 2. The average molecular weight is 452 g/mol. The van der Waals surface area contributed by atoms with Crippen molar-refractivity contribution in [2.75, 3.05) is 4.83 Å². The summed E-state index contributed by atoms with van der Waals surface area (Å²) in [5, 5.41) is 12.0. The molecule has 1 aromatic heterocycles. The van der Waals surface area contributed by atoms with Gasteiger partial charge < -0.3 is 5.11 Å². The molecule has 1 aliphatic heterocycles. The van der Waals surface area contributed by atoms with E-state index in [0.29, 0.717) is 15.6 Å². The summed E-state index contributed by atoms with van der Waals surface area (Å²) in [5.41, 5.74) is 0.175. The second kappa shape index (κ2) is 6.82. The van der Waals surface area contributed by atoms with Gasteiger partial charge in [0.15, 0.2) is 3.95 Å². The number of rotatable bonds is 4. The van der Waals surface area contributed by atoms with Crippen LogP contribution in [0, 0.1) is 3.95 Å². The van der Waals surface area contributed by atoms with Gasteiger partial charge in [-0.2, -0.15) is 13.1 Å². The SMILES string of the molecule is O=C1N=c2ccccc2=C1c1sc(=S)n(NS(=O)(=O)c2ccc(Cl)cc2)c1O. The highest BCUT2D eigenvalue weighted by Crippen LogP contribution is 2.32. The number of thiazole rings is 1. The standard InChI is InChI=1S/C17H10ClN3O4S3/c18-9-5-7-10(8-6-9)28(24,25)20-21-16(23)14(27-17(21)26)13-11-3-1-2-4-12(11)19-15(13)22/h1-8,20,23H. The molecule has 0 saturated heterocycles. The lowest BCUT2D eigenvalue weighted by molar-refractivity contribution is -0.112. The van der Waals surface area contributed by atoms with Gasteiger partial charge >= 0.3 is 0 Å². The van der Waals surface area contributed by atoms with Crippen LogP contribution in [0.5, 0.6) is 5.88 Å². The molecular weight excluding hydrogens is 442 g/mol. The fourth-order valence-corrected chi connectivity index (χ4v) is 5.20. The molecule has 0 bridgehead atoms. The van der Waals surface area contributed by atoms with Gasteiger partial charge in [0.05, 0.1) is 15.8 Å². The Morgan fingerprint density at radius 1 is 1.14 bits per heavy atom. The van der Waals surface area contributed by atoms with Crippen molar-refractivity contribution in [2.24, 2.45) is 4.99 Å². The molecule has 1 amide bonds. The number of hydrogen-bond acceptors (Lipinski definition) is 6. The Balaban J connectivity index is 1.82. The third kappa shape index (κ3) is 3.14. The van der Waals surface area contributed by atoms with E-state index in [1.165, 1.54) is 24.3 Å². The summed E-state index contributed by atoms with van der Waals surface area (Å²) in [5.74, 6) is -1.01. The number of fused-ring (bicyclic) bond motifs is 1. The minimum Gasteiger partial charge on any atom is -0.492 e. The first-order valence-electron chi connectivity index (χ1n) is 7.74. The molecular formula is C17H10ClN3O4S3. The number of para-hydroxylation sites is 1. The molecule has 7 nitrogen and oxygen atoms in total. The number of sulfonamides is 1. The van der Waals surface area contributed by atoms with Crippen LogP contribution in [0.25, 0.3) is 5.57 Å². The first-order valence-corrected chi connectivity index (χ1v) is 10.8. The predicted octanol–water partition coefficient (Wildman–Crippen LogP) is 1.93. The van der Waals surface area contributed by atoms with Gasteiger partial charge in [-0.1, -0.05) is 41.1 Å². The predicted molar refractivity (Wildman–Crippen MR) is 108 cm³/mol. The van der Waals surface area contributed by atoms with Crippen LogP contribution >= 0.6 is 35.2 Å². The molecule has 0 aliphatic carbocycles. The summed E-state index contributed by atoms with van der Waals surface area (Å²) >= 11 is 11.9. The van der Waals surface area contributed by atoms with Crippen molar-refractivity contribution >= 4 is 56.7 Å². The topological polar surface area (TPSA) is 101 Å². The Hall–Kier alpha value is -2.53. The van der Waals surface area contributed by atoms with E-state index in [1.54, 1.807) is 24.3 Å². The number of aromatic nitrogens is 1. The maximum absolute atomic E-state index is 12.6. The van der Waals surface area contributed by atoms with Gasteiger partial charge in [0.2, 0.25) is 5.88 Å². The normalized spacial score (nSPS) is 13.3. The van der Waals surface area contributed by atoms with E-state index in [-0.39, 0.29) is 19.3 Å². The first-order chi connectivity index (χ1) is 13.3. The molecule has 2 N–H and O–H groups in total. The number of nitrogens with one attached hydrogen (secondary N) is 1. The van der Waals surface area contributed by atoms with Gasteiger partial charge in [0.25, 0.3) is 15.9 Å². The van der Waals surface area contributed by atoms with Gasteiger partial charge in [-0.15, -0.1) is 0 Å². The number of carbonyl (C=O) groups excluding carboxylic acids is 1. The Bertz CT molecular complexity index is 1410. The number of amides is 1. The number of benzene rings is 2. The van der Waals surface area contributed by atoms with Crippen LogP contribution in [0.15, 0.2) is 58.4 Å². The van der Waals surface area contributed by atoms with Gasteiger partial charge in [-0.05, 0) is 42.5 Å². The molecule has 0 saturated carbocycles. The molecule has 4 rings (SSSR count). The van der Waals surface area contributed by atoms with Crippen molar-refractivity contribution < 1.29 is 18.3 Å². The minimum atomic E-state index is -4.04. The van der Waals surface area contributed by atoms with Crippen molar-refractivity contribution in [2.45, 2.75) is 4.90 Å². The highest BCUT2D eigenvalue weighted by Gasteiger charge is 2.26. The lowest BCUT2D eigenvalue weighted by Gasteiger charge is -2.10. The molecule has 0 fully saturated rings. The van der Waals surface area contributed by atoms with E-state index in [1.807, 2.05) is 0 Å². The molecule has 0 spiro atoms. The third-order valence-corrected chi connectivity index (χ3v) is 6.91. The summed E-state index contributed by atoms with van der Waals surface area (Å²) in [6.07, 6.45) is 0. The second-order valence-electron chi connectivity index (χ2n) is 5.71. The molecule has 28 heavy (non-hydrogen) atoms. The Morgan fingerprint density at radius 3 is 2.54 bits per heavy atom. The van der Waals surface area contributed by atoms with E-state index >= 15 is 0 Å². The van der Waals surface area contributed by atoms with Crippen LogP contribution < -0.4 is 15.4 Å². The third-order valence-electron chi connectivity index (χ3n) is 3.96. The van der Waals surface area contributed by atoms with Crippen LogP contribution in [0.1, 0.15) is 4.88 Å². The molecule has 0 atom stereocenters. The average Bonchev–Trinajstić information content (AvgIpc) is 3.12.